The number of alkyl halides is 2. The van der Waals surface area contributed by atoms with E-state index >= 15 is 0 Å². The van der Waals surface area contributed by atoms with Crippen molar-refractivity contribution >= 4 is 0 Å². The summed E-state index contributed by atoms with van der Waals surface area (Å²) < 4.78 is 57.5. The molecule has 176 valence electrons. The van der Waals surface area contributed by atoms with Crippen LogP contribution in [0.15, 0.2) is 59.8 Å². The summed E-state index contributed by atoms with van der Waals surface area (Å²) in [6, 6.07) is 8.53. The monoisotopic (exact) mass is 470 g/mol. The van der Waals surface area contributed by atoms with Crippen LogP contribution < -0.4 is 5.56 Å². The van der Waals surface area contributed by atoms with Crippen molar-refractivity contribution in [2.45, 2.75) is 39.7 Å². The maximum atomic E-state index is 14.3. The highest BCUT2D eigenvalue weighted by molar-refractivity contribution is 5.44. The van der Waals surface area contributed by atoms with Crippen molar-refractivity contribution in [3.8, 4) is 5.69 Å². The number of imidazole rings is 1. The molecule has 5 nitrogen and oxygen atoms in total. The van der Waals surface area contributed by atoms with Gasteiger partial charge in [0, 0.05) is 35.5 Å². The van der Waals surface area contributed by atoms with Crippen LogP contribution in [0.25, 0.3) is 5.69 Å². The van der Waals surface area contributed by atoms with E-state index in [1.54, 1.807) is 6.33 Å². The number of hydrogen-bond donors (Lipinski definition) is 0. The third-order valence-electron chi connectivity index (χ3n) is 5.68. The Hall–Kier alpha value is -3.75. The Morgan fingerprint density at radius 3 is 2.41 bits per heavy atom. The fraction of sp³-hybridized carbons (Fsp3) is 0.240. The van der Waals surface area contributed by atoms with Crippen LogP contribution in [-0.2, 0) is 6.42 Å². The minimum absolute atomic E-state index is 0.0239. The number of nitrogens with zero attached hydrogens (tertiary/aromatic N) is 4. The molecule has 0 saturated heterocycles. The number of hydrogen-bond acceptors (Lipinski definition) is 3. The van der Waals surface area contributed by atoms with E-state index in [0.717, 1.165) is 39.3 Å². The van der Waals surface area contributed by atoms with Gasteiger partial charge in [0.2, 0.25) is 0 Å². The van der Waals surface area contributed by atoms with Crippen LogP contribution in [0.1, 0.15) is 53.0 Å². The van der Waals surface area contributed by atoms with Crippen LogP contribution in [0.5, 0.6) is 0 Å². The standard InChI is InChI=1S/C25H22F4N4O/c1-14-8-17(4-7-23(14)32-12-15(2)30-13-32)9-18-10-22(24(28)29)31-33(25(18)34)16(3)20-6-5-19(26)11-21(20)27/h4-8,10-13,16,24H,9H2,1-3H3/t16-/m0/s1. The minimum atomic E-state index is -2.93. The Morgan fingerprint density at radius 1 is 1.03 bits per heavy atom. The highest BCUT2D eigenvalue weighted by Gasteiger charge is 2.21. The summed E-state index contributed by atoms with van der Waals surface area (Å²) in [4.78, 5) is 17.4. The van der Waals surface area contributed by atoms with Crippen LogP contribution in [0.3, 0.4) is 0 Å². The first-order valence-electron chi connectivity index (χ1n) is 10.6. The molecule has 0 bridgehead atoms. The van der Waals surface area contributed by atoms with Crippen molar-refractivity contribution in [2.24, 2.45) is 0 Å². The average molecular weight is 470 g/mol. The quantitative estimate of drug-likeness (QED) is 0.352. The molecule has 0 radical (unpaired) electrons. The summed E-state index contributed by atoms with van der Waals surface area (Å²) in [5.41, 5.74) is 2.30. The molecule has 9 heteroatoms. The third kappa shape index (κ3) is 4.64. The molecule has 2 heterocycles. The van der Waals surface area contributed by atoms with Gasteiger partial charge < -0.3 is 4.57 Å². The van der Waals surface area contributed by atoms with Gasteiger partial charge in [-0.25, -0.2) is 27.2 Å². The van der Waals surface area contributed by atoms with Crippen molar-refractivity contribution in [2.75, 3.05) is 0 Å². The molecular weight excluding hydrogens is 448 g/mol. The molecule has 2 aromatic heterocycles. The fourth-order valence-electron chi connectivity index (χ4n) is 3.94. The second-order valence-corrected chi connectivity index (χ2v) is 8.21. The van der Waals surface area contributed by atoms with Crippen LogP contribution in [0, 0.1) is 25.5 Å². The van der Waals surface area contributed by atoms with E-state index in [2.05, 4.69) is 10.1 Å². The normalized spacial score (nSPS) is 12.4. The van der Waals surface area contributed by atoms with Crippen LogP contribution in [0.4, 0.5) is 17.6 Å². The molecule has 1 atom stereocenters. The van der Waals surface area contributed by atoms with Crippen molar-refractivity contribution < 1.29 is 17.6 Å². The summed E-state index contributed by atoms with van der Waals surface area (Å²) in [5, 5.41) is 3.77. The molecule has 0 aliphatic carbocycles. The summed E-state index contributed by atoms with van der Waals surface area (Å²) >= 11 is 0. The van der Waals surface area contributed by atoms with E-state index in [9.17, 15) is 22.4 Å². The fourth-order valence-corrected chi connectivity index (χ4v) is 3.94. The van der Waals surface area contributed by atoms with E-state index in [1.807, 2.05) is 42.8 Å². The lowest BCUT2D eigenvalue weighted by Crippen LogP contribution is -2.31. The summed E-state index contributed by atoms with van der Waals surface area (Å²) in [7, 11) is 0. The first-order valence-corrected chi connectivity index (χ1v) is 10.6. The predicted octanol–water partition coefficient (Wildman–Crippen LogP) is 5.46. The zero-order valence-electron chi connectivity index (χ0n) is 18.8. The Kier molecular flexibility index (Phi) is 6.37. The molecule has 2 aromatic carbocycles. The van der Waals surface area contributed by atoms with Crippen LogP contribution >= 0.6 is 0 Å². The van der Waals surface area contributed by atoms with Gasteiger partial charge in [-0.3, -0.25) is 4.79 Å². The zero-order valence-corrected chi connectivity index (χ0v) is 18.8. The van der Waals surface area contributed by atoms with Gasteiger partial charge in [-0.05, 0) is 50.1 Å². The maximum absolute atomic E-state index is 14.3. The second kappa shape index (κ2) is 9.24. The number of rotatable bonds is 6. The van der Waals surface area contributed by atoms with Crippen molar-refractivity contribution in [1.29, 1.82) is 0 Å². The lowest BCUT2D eigenvalue weighted by Gasteiger charge is -2.18. The molecule has 0 saturated carbocycles. The van der Waals surface area contributed by atoms with Gasteiger partial charge in [0.15, 0.2) is 0 Å². The van der Waals surface area contributed by atoms with E-state index in [0.29, 0.717) is 6.07 Å². The molecule has 0 fully saturated rings. The van der Waals surface area contributed by atoms with Crippen LogP contribution in [0.2, 0.25) is 0 Å². The van der Waals surface area contributed by atoms with E-state index in [1.165, 1.54) is 13.0 Å². The topological polar surface area (TPSA) is 52.7 Å². The minimum Gasteiger partial charge on any atom is -0.306 e. The number of aromatic nitrogens is 4. The lowest BCUT2D eigenvalue weighted by atomic mass is 10.0. The Bertz CT molecular complexity index is 1410. The number of halogens is 4. The Morgan fingerprint density at radius 2 is 1.79 bits per heavy atom. The largest absolute Gasteiger partial charge is 0.306 e. The van der Waals surface area contributed by atoms with Gasteiger partial charge in [0.05, 0.1) is 18.1 Å². The molecule has 0 N–H and O–H groups in total. The van der Waals surface area contributed by atoms with Gasteiger partial charge in [-0.1, -0.05) is 18.2 Å². The maximum Gasteiger partial charge on any atom is 0.282 e. The summed E-state index contributed by atoms with van der Waals surface area (Å²) in [6.07, 6.45) is 0.742. The highest BCUT2D eigenvalue weighted by Crippen LogP contribution is 2.24. The van der Waals surface area contributed by atoms with Gasteiger partial charge in [-0.15, -0.1) is 0 Å². The molecule has 0 spiro atoms. The van der Waals surface area contributed by atoms with Gasteiger partial charge >= 0.3 is 0 Å². The summed E-state index contributed by atoms with van der Waals surface area (Å²) in [5.74, 6) is -1.66. The van der Waals surface area contributed by atoms with Gasteiger partial charge in [0.1, 0.15) is 17.3 Å². The molecular formula is C25H22F4N4O. The average Bonchev–Trinajstić information content (AvgIpc) is 3.20. The first-order chi connectivity index (χ1) is 16.1. The smallest absolute Gasteiger partial charge is 0.282 e. The van der Waals surface area contributed by atoms with Gasteiger partial charge in [0.25, 0.3) is 12.0 Å². The molecule has 4 rings (SSSR count). The lowest BCUT2D eigenvalue weighted by molar-refractivity contribution is 0.142. The Labute approximate surface area is 193 Å². The van der Waals surface area contributed by atoms with Crippen molar-refractivity contribution in [3.63, 3.8) is 0 Å². The highest BCUT2D eigenvalue weighted by atomic mass is 19.3. The molecule has 0 aliphatic rings. The molecule has 34 heavy (non-hydrogen) atoms. The first kappa shape index (κ1) is 23.4. The second-order valence-electron chi connectivity index (χ2n) is 8.21. The van der Waals surface area contributed by atoms with Gasteiger partial charge in [-0.2, -0.15) is 5.10 Å². The van der Waals surface area contributed by atoms with E-state index < -0.39 is 35.4 Å². The molecule has 0 aliphatic heterocycles. The molecule has 0 amide bonds. The SMILES string of the molecule is Cc1cn(-c2ccc(Cc3cc(C(F)F)nn([C@@H](C)c4ccc(F)cc4F)c3=O)cc2C)cn1. The van der Waals surface area contributed by atoms with E-state index in [-0.39, 0.29) is 17.5 Å². The van der Waals surface area contributed by atoms with Crippen molar-refractivity contribution in [1.82, 2.24) is 19.3 Å². The van der Waals surface area contributed by atoms with Crippen LogP contribution in [-0.4, -0.2) is 19.3 Å². The number of aryl methyl sites for hydroxylation is 2. The zero-order chi connectivity index (χ0) is 24.6. The number of benzene rings is 2. The van der Waals surface area contributed by atoms with E-state index in [4.69, 9.17) is 0 Å². The third-order valence-corrected chi connectivity index (χ3v) is 5.68. The molecule has 4 aromatic rings. The Balaban J connectivity index is 1.73. The summed E-state index contributed by atoms with van der Waals surface area (Å²) in [6.45, 7) is 5.24. The molecule has 0 unspecified atom stereocenters. The predicted molar refractivity (Wildman–Crippen MR) is 119 cm³/mol. The van der Waals surface area contributed by atoms with Crippen molar-refractivity contribution in [3.05, 3.63) is 111 Å².